The molecule has 0 spiro atoms. The van der Waals surface area contributed by atoms with Crippen LogP contribution in [0.15, 0.2) is 0 Å². The minimum atomic E-state index is -0.200. The Morgan fingerprint density at radius 2 is 1.77 bits per heavy atom. The van der Waals surface area contributed by atoms with E-state index in [0.29, 0.717) is 12.6 Å². The average molecular weight is 189 g/mol. The molecule has 0 saturated carbocycles. The van der Waals surface area contributed by atoms with E-state index in [1.807, 2.05) is 34.6 Å². The Bertz CT molecular complexity index is 126. The van der Waals surface area contributed by atoms with Crippen molar-refractivity contribution in [2.24, 2.45) is 0 Å². The zero-order chi connectivity index (χ0) is 10.9. The molecule has 1 atom stereocenters. The van der Waals surface area contributed by atoms with E-state index >= 15 is 0 Å². The summed E-state index contributed by atoms with van der Waals surface area (Å²) in [5.41, 5.74) is 0. The number of hydrogen-bond donors (Lipinski definition) is 0. The summed E-state index contributed by atoms with van der Waals surface area (Å²) in [6.07, 6.45) is 0.746. The van der Waals surface area contributed by atoms with E-state index < -0.39 is 0 Å². The number of cyclic esters (lactones) is 1. The van der Waals surface area contributed by atoms with E-state index in [0.717, 1.165) is 6.42 Å². The van der Waals surface area contributed by atoms with Crippen LogP contribution < -0.4 is 0 Å². The second-order valence-corrected chi connectivity index (χ2v) is 2.36. The average Bonchev–Trinajstić information content (AvgIpc) is 2.20. The molecule has 0 bridgehead atoms. The zero-order valence-corrected chi connectivity index (χ0v) is 9.76. The quantitative estimate of drug-likeness (QED) is 0.586. The third-order valence-corrected chi connectivity index (χ3v) is 1.71. The first kappa shape index (κ1) is 14.8. The first-order chi connectivity index (χ1) is 6.22. The molecule has 1 aliphatic heterocycles. The number of ether oxygens (including phenoxy) is 1. The maximum absolute atomic E-state index is 10.7. The van der Waals surface area contributed by atoms with Crippen LogP contribution in [0.3, 0.4) is 0 Å². The Morgan fingerprint density at radius 3 is 2.08 bits per heavy atom. The molecule has 1 heterocycles. The van der Waals surface area contributed by atoms with Crippen LogP contribution >= 0.6 is 0 Å². The second-order valence-electron chi connectivity index (χ2n) is 2.36. The van der Waals surface area contributed by atoms with Crippen LogP contribution in [0.5, 0.6) is 0 Å². The summed E-state index contributed by atoms with van der Waals surface area (Å²) >= 11 is 0. The van der Waals surface area contributed by atoms with Crippen molar-refractivity contribution >= 4 is 6.09 Å². The molecule has 1 rings (SSSR count). The van der Waals surface area contributed by atoms with Crippen LogP contribution in [0.4, 0.5) is 4.79 Å². The van der Waals surface area contributed by atoms with Gasteiger partial charge in [-0.1, -0.05) is 27.7 Å². The number of hydrogen-bond acceptors (Lipinski definition) is 2. The molecule has 1 aliphatic rings. The standard InChI is InChI=1S/C6H11NO2.2C2H6/c1-5-3-4-9-6(8)7(5)2;2*1-2/h5H,3-4H2,1-2H3;2*1-2H3. The number of carbonyl (C=O) groups is 1. The molecule has 3 nitrogen and oxygen atoms in total. The van der Waals surface area contributed by atoms with Gasteiger partial charge in [-0.3, -0.25) is 0 Å². The molecule has 0 aliphatic carbocycles. The van der Waals surface area contributed by atoms with E-state index in [4.69, 9.17) is 4.74 Å². The van der Waals surface area contributed by atoms with Gasteiger partial charge in [0.05, 0.1) is 6.61 Å². The van der Waals surface area contributed by atoms with Gasteiger partial charge in [0.15, 0.2) is 0 Å². The van der Waals surface area contributed by atoms with Gasteiger partial charge in [-0.25, -0.2) is 4.79 Å². The van der Waals surface area contributed by atoms with Crippen LogP contribution in [-0.2, 0) is 4.74 Å². The first-order valence-electron chi connectivity index (χ1n) is 5.11. The lowest BCUT2D eigenvalue weighted by Crippen LogP contribution is -2.40. The largest absolute Gasteiger partial charge is 0.449 e. The maximum atomic E-state index is 10.7. The maximum Gasteiger partial charge on any atom is 0.409 e. The molecule has 0 aromatic carbocycles. The van der Waals surface area contributed by atoms with E-state index in [1.54, 1.807) is 11.9 Å². The third kappa shape index (κ3) is 5.50. The summed E-state index contributed by atoms with van der Waals surface area (Å²) in [4.78, 5) is 12.3. The van der Waals surface area contributed by atoms with Crippen molar-refractivity contribution in [1.82, 2.24) is 4.90 Å². The molecule has 0 N–H and O–H groups in total. The fourth-order valence-corrected chi connectivity index (χ4v) is 0.792. The third-order valence-electron chi connectivity index (χ3n) is 1.71. The summed E-state index contributed by atoms with van der Waals surface area (Å²) < 4.78 is 4.75. The van der Waals surface area contributed by atoms with E-state index in [-0.39, 0.29) is 6.09 Å². The van der Waals surface area contributed by atoms with Gasteiger partial charge < -0.3 is 9.64 Å². The van der Waals surface area contributed by atoms with Crippen molar-refractivity contribution in [3.8, 4) is 0 Å². The van der Waals surface area contributed by atoms with Gasteiger partial charge >= 0.3 is 6.09 Å². The van der Waals surface area contributed by atoms with Crippen LogP contribution in [0.2, 0.25) is 0 Å². The Hall–Kier alpha value is -0.730. The minimum Gasteiger partial charge on any atom is -0.449 e. The van der Waals surface area contributed by atoms with Crippen molar-refractivity contribution in [3.63, 3.8) is 0 Å². The lowest BCUT2D eigenvalue weighted by atomic mass is 10.2. The van der Waals surface area contributed by atoms with Crippen LogP contribution in [0.1, 0.15) is 41.0 Å². The Balaban J connectivity index is 0. The smallest absolute Gasteiger partial charge is 0.409 e. The van der Waals surface area contributed by atoms with Gasteiger partial charge in [0.2, 0.25) is 0 Å². The summed E-state index contributed by atoms with van der Waals surface area (Å²) in [6, 6.07) is 0.339. The number of amides is 1. The number of rotatable bonds is 0. The molecule has 1 amide bonds. The molecule has 13 heavy (non-hydrogen) atoms. The predicted octanol–water partition coefficient (Wildman–Crippen LogP) is 2.90. The molecule has 1 unspecified atom stereocenters. The summed E-state index contributed by atoms with van der Waals surface area (Å²) in [7, 11) is 1.76. The van der Waals surface area contributed by atoms with E-state index in [1.165, 1.54) is 0 Å². The van der Waals surface area contributed by atoms with Crippen molar-refractivity contribution in [2.75, 3.05) is 13.7 Å². The number of carbonyl (C=O) groups excluding carboxylic acids is 1. The summed E-state index contributed by atoms with van der Waals surface area (Å²) in [5, 5.41) is 0. The van der Waals surface area contributed by atoms with Crippen molar-refractivity contribution in [3.05, 3.63) is 0 Å². The topological polar surface area (TPSA) is 29.5 Å². The van der Waals surface area contributed by atoms with Gasteiger partial charge in [0, 0.05) is 19.5 Å². The zero-order valence-electron chi connectivity index (χ0n) is 9.76. The normalized spacial score (nSPS) is 20.3. The Morgan fingerprint density at radius 1 is 1.31 bits per heavy atom. The highest BCUT2D eigenvalue weighted by Gasteiger charge is 2.21. The van der Waals surface area contributed by atoms with Crippen LogP contribution in [-0.4, -0.2) is 30.7 Å². The Kier molecular flexibility index (Phi) is 10.6. The van der Waals surface area contributed by atoms with Gasteiger partial charge in [-0.2, -0.15) is 0 Å². The monoisotopic (exact) mass is 189 g/mol. The molecular weight excluding hydrogens is 166 g/mol. The molecule has 3 heteroatoms. The van der Waals surface area contributed by atoms with Gasteiger partial charge in [-0.15, -0.1) is 0 Å². The summed E-state index contributed by atoms with van der Waals surface area (Å²) in [5.74, 6) is 0. The van der Waals surface area contributed by atoms with Crippen molar-refractivity contribution in [1.29, 1.82) is 0 Å². The highest BCUT2D eigenvalue weighted by Crippen LogP contribution is 2.08. The molecule has 0 aromatic rings. The van der Waals surface area contributed by atoms with Crippen molar-refractivity contribution in [2.45, 2.75) is 47.1 Å². The van der Waals surface area contributed by atoms with E-state index in [9.17, 15) is 4.79 Å². The molecule has 1 saturated heterocycles. The van der Waals surface area contributed by atoms with Gasteiger partial charge in [0.1, 0.15) is 0 Å². The molecule has 0 aromatic heterocycles. The fraction of sp³-hybridized carbons (Fsp3) is 0.900. The van der Waals surface area contributed by atoms with Crippen molar-refractivity contribution < 1.29 is 9.53 Å². The van der Waals surface area contributed by atoms with Gasteiger partial charge in [-0.05, 0) is 6.92 Å². The SMILES string of the molecule is CC.CC.CC1CCOC(=O)N1C. The molecule has 1 fully saturated rings. The highest BCUT2D eigenvalue weighted by molar-refractivity contribution is 5.68. The fourth-order valence-electron chi connectivity index (χ4n) is 0.792. The molecule has 0 radical (unpaired) electrons. The predicted molar refractivity (Wildman–Crippen MR) is 55.9 cm³/mol. The minimum absolute atomic E-state index is 0.200. The number of nitrogens with zero attached hydrogens (tertiary/aromatic N) is 1. The summed E-state index contributed by atoms with van der Waals surface area (Å²) in [6.45, 7) is 10.6. The Labute approximate surface area is 82.1 Å². The molecule has 80 valence electrons. The lowest BCUT2D eigenvalue weighted by Gasteiger charge is -2.28. The molecular formula is C10H23NO2. The van der Waals surface area contributed by atoms with Crippen LogP contribution in [0.25, 0.3) is 0 Å². The van der Waals surface area contributed by atoms with Gasteiger partial charge in [0.25, 0.3) is 0 Å². The highest BCUT2D eigenvalue weighted by atomic mass is 16.6. The second kappa shape index (κ2) is 9.36. The lowest BCUT2D eigenvalue weighted by molar-refractivity contribution is 0.0610. The van der Waals surface area contributed by atoms with Crippen LogP contribution in [0, 0.1) is 0 Å². The first-order valence-corrected chi connectivity index (χ1v) is 5.11. The van der Waals surface area contributed by atoms with E-state index in [2.05, 4.69) is 0 Å².